The molecule has 0 saturated heterocycles. The molecule has 3 rings (SSSR count). The molecule has 1 aromatic carbocycles. The monoisotopic (exact) mass is 353 g/mol. The average Bonchev–Trinajstić information content (AvgIpc) is 3.15. The molecule has 6 nitrogen and oxygen atoms in total. The van der Waals surface area contributed by atoms with Crippen molar-refractivity contribution in [3.05, 3.63) is 59.0 Å². The summed E-state index contributed by atoms with van der Waals surface area (Å²) in [5, 5.41) is 0. The molecule has 130 valence electrons. The maximum atomic E-state index is 12.4. The first-order valence-electron chi connectivity index (χ1n) is 7.03. The Balaban J connectivity index is 1.80. The minimum absolute atomic E-state index is 0.0592. The Labute approximate surface area is 138 Å². The molecule has 2 amide bonds. The highest BCUT2D eigenvalue weighted by atomic mass is 19.4. The smallest absolute Gasteiger partial charge is 0.422 e. The summed E-state index contributed by atoms with van der Waals surface area (Å²) in [4.78, 5) is 37.2. The van der Waals surface area contributed by atoms with Gasteiger partial charge < -0.3 is 9.15 Å². The highest BCUT2D eigenvalue weighted by molar-refractivity contribution is 6.21. The Kier molecular flexibility index (Phi) is 4.07. The van der Waals surface area contributed by atoms with Crippen molar-refractivity contribution >= 4 is 17.8 Å². The second-order valence-corrected chi connectivity index (χ2v) is 5.23. The number of furan rings is 1. The number of fused-ring (bicyclic) bond motifs is 1. The summed E-state index contributed by atoms with van der Waals surface area (Å²) in [6.45, 7) is -1.83. The van der Waals surface area contributed by atoms with Gasteiger partial charge >= 0.3 is 12.1 Å². The number of hydrogen-bond donors (Lipinski definition) is 0. The van der Waals surface area contributed by atoms with Crippen molar-refractivity contribution < 1.29 is 36.7 Å². The summed E-state index contributed by atoms with van der Waals surface area (Å²) < 4.78 is 45.5. The van der Waals surface area contributed by atoms with Gasteiger partial charge in [-0.3, -0.25) is 14.5 Å². The lowest BCUT2D eigenvalue weighted by Gasteiger charge is -2.11. The highest BCUT2D eigenvalue weighted by Gasteiger charge is 2.37. The third-order valence-corrected chi connectivity index (χ3v) is 3.47. The number of esters is 1. The van der Waals surface area contributed by atoms with Crippen molar-refractivity contribution in [2.45, 2.75) is 12.7 Å². The minimum atomic E-state index is -4.65. The van der Waals surface area contributed by atoms with Crippen molar-refractivity contribution in [1.82, 2.24) is 4.90 Å². The lowest BCUT2D eigenvalue weighted by molar-refractivity contribution is -0.161. The molecule has 0 unspecified atom stereocenters. The van der Waals surface area contributed by atoms with E-state index in [1.807, 2.05) is 0 Å². The van der Waals surface area contributed by atoms with Gasteiger partial charge in [-0.1, -0.05) is 0 Å². The number of benzene rings is 1. The molecule has 0 fully saturated rings. The van der Waals surface area contributed by atoms with E-state index in [0.29, 0.717) is 5.76 Å². The van der Waals surface area contributed by atoms with E-state index in [1.165, 1.54) is 12.3 Å². The molecule has 2 aromatic rings. The number of ether oxygens (including phenoxy) is 1. The Hall–Kier alpha value is -3.10. The number of imide groups is 1. The van der Waals surface area contributed by atoms with Crippen LogP contribution in [0.3, 0.4) is 0 Å². The van der Waals surface area contributed by atoms with Crippen LogP contribution < -0.4 is 0 Å². The van der Waals surface area contributed by atoms with Gasteiger partial charge in [0.15, 0.2) is 6.61 Å². The van der Waals surface area contributed by atoms with Crippen molar-refractivity contribution in [2.24, 2.45) is 0 Å². The molecule has 0 aliphatic carbocycles. The van der Waals surface area contributed by atoms with E-state index >= 15 is 0 Å². The molecule has 0 N–H and O–H groups in total. The number of rotatable bonds is 4. The number of carbonyl (C=O) groups is 3. The second-order valence-electron chi connectivity index (χ2n) is 5.23. The topological polar surface area (TPSA) is 76.8 Å². The Morgan fingerprint density at radius 3 is 2.48 bits per heavy atom. The van der Waals surface area contributed by atoms with Crippen LogP contribution in [-0.2, 0) is 11.3 Å². The molecule has 1 aliphatic rings. The average molecular weight is 353 g/mol. The van der Waals surface area contributed by atoms with E-state index in [4.69, 9.17) is 4.42 Å². The van der Waals surface area contributed by atoms with Crippen molar-refractivity contribution in [3.63, 3.8) is 0 Å². The maximum Gasteiger partial charge on any atom is 0.422 e. The van der Waals surface area contributed by atoms with E-state index in [9.17, 15) is 27.6 Å². The number of alkyl halides is 3. The maximum absolute atomic E-state index is 12.4. The van der Waals surface area contributed by atoms with Crippen LogP contribution in [0.15, 0.2) is 41.0 Å². The molecule has 1 aliphatic heterocycles. The van der Waals surface area contributed by atoms with Gasteiger partial charge in [0.25, 0.3) is 11.8 Å². The van der Waals surface area contributed by atoms with E-state index in [1.54, 1.807) is 12.1 Å². The van der Waals surface area contributed by atoms with Gasteiger partial charge in [0, 0.05) is 0 Å². The summed E-state index contributed by atoms with van der Waals surface area (Å²) in [6.07, 6.45) is -3.26. The zero-order valence-electron chi connectivity index (χ0n) is 12.5. The number of halogens is 3. The molecule has 0 saturated carbocycles. The third kappa shape index (κ3) is 3.39. The molecular weight excluding hydrogens is 343 g/mol. The summed E-state index contributed by atoms with van der Waals surface area (Å²) in [5.41, 5.74) is -0.258. The fourth-order valence-electron chi connectivity index (χ4n) is 2.35. The lowest BCUT2D eigenvalue weighted by Crippen LogP contribution is -2.28. The zero-order valence-corrected chi connectivity index (χ0v) is 12.5. The molecule has 1 aromatic heterocycles. The molecule has 0 radical (unpaired) electrons. The third-order valence-electron chi connectivity index (χ3n) is 3.47. The Morgan fingerprint density at radius 2 is 1.84 bits per heavy atom. The van der Waals surface area contributed by atoms with Gasteiger partial charge in [0.05, 0.1) is 29.5 Å². The van der Waals surface area contributed by atoms with Crippen LogP contribution in [0, 0.1) is 0 Å². The minimum Gasteiger partial charge on any atom is -0.467 e. The first kappa shape index (κ1) is 16.7. The van der Waals surface area contributed by atoms with Crippen molar-refractivity contribution in [1.29, 1.82) is 0 Å². The predicted octanol–water partition coefficient (Wildman–Crippen LogP) is 2.79. The summed E-state index contributed by atoms with van der Waals surface area (Å²) in [6, 6.07) is 6.59. The molecule has 2 heterocycles. The lowest BCUT2D eigenvalue weighted by atomic mass is 10.1. The summed E-state index contributed by atoms with van der Waals surface area (Å²) in [7, 11) is 0. The Morgan fingerprint density at radius 1 is 1.12 bits per heavy atom. The van der Waals surface area contributed by atoms with Crippen LogP contribution >= 0.6 is 0 Å². The van der Waals surface area contributed by atoms with Crippen LogP contribution in [0.4, 0.5) is 13.2 Å². The molecule has 0 atom stereocenters. The van der Waals surface area contributed by atoms with Crippen LogP contribution in [0.2, 0.25) is 0 Å². The van der Waals surface area contributed by atoms with Crippen molar-refractivity contribution in [2.75, 3.05) is 6.61 Å². The molecule has 0 bridgehead atoms. The van der Waals surface area contributed by atoms with Crippen LogP contribution in [0.5, 0.6) is 0 Å². The van der Waals surface area contributed by atoms with Crippen LogP contribution in [0.25, 0.3) is 0 Å². The Bertz CT molecular complexity index is 842. The van der Waals surface area contributed by atoms with Gasteiger partial charge in [-0.2, -0.15) is 13.2 Å². The molecule has 0 spiro atoms. The van der Waals surface area contributed by atoms with Gasteiger partial charge in [-0.15, -0.1) is 0 Å². The molecule has 9 heteroatoms. The van der Waals surface area contributed by atoms with Gasteiger partial charge in [-0.05, 0) is 30.3 Å². The van der Waals surface area contributed by atoms with Gasteiger partial charge in [0.2, 0.25) is 0 Å². The standard InChI is InChI=1S/C16H10F3NO5/c17-16(18,19)8-25-15(23)9-3-4-11-12(6-9)14(22)20(13(11)21)7-10-2-1-5-24-10/h1-6H,7-8H2. The largest absolute Gasteiger partial charge is 0.467 e. The van der Waals surface area contributed by atoms with Crippen LogP contribution in [-0.4, -0.2) is 35.5 Å². The normalized spacial score (nSPS) is 14.0. The zero-order chi connectivity index (χ0) is 18.2. The number of carbonyl (C=O) groups excluding carboxylic acids is 3. The van der Waals surface area contributed by atoms with Gasteiger partial charge in [-0.25, -0.2) is 4.79 Å². The fourth-order valence-corrected chi connectivity index (χ4v) is 2.35. The van der Waals surface area contributed by atoms with Gasteiger partial charge in [0.1, 0.15) is 5.76 Å². The number of hydrogen-bond acceptors (Lipinski definition) is 5. The molecule has 25 heavy (non-hydrogen) atoms. The number of nitrogens with zero attached hydrogens (tertiary/aromatic N) is 1. The van der Waals surface area contributed by atoms with E-state index in [-0.39, 0.29) is 23.2 Å². The first-order valence-corrected chi connectivity index (χ1v) is 7.03. The summed E-state index contributed by atoms with van der Waals surface area (Å²) in [5.74, 6) is -2.09. The SMILES string of the molecule is O=C(OCC(F)(F)F)c1ccc2c(c1)C(=O)N(Cc1ccco1)C2=O. The highest BCUT2D eigenvalue weighted by Crippen LogP contribution is 2.26. The number of amides is 2. The fraction of sp³-hybridized carbons (Fsp3) is 0.188. The first-order chi connectivity index (χ1) is 11.8. The van der Waals surface area contributed by atoms with Crippen molar-refractivity contribution in [3.8, 4) is 0 Å². The van der Waals surface area contributed by atoms with E-state index in [0.717, 1.165) is 17.0 Å². The van der Waals surface area contributed by atoms with E-state index < -0.39 is 30.6 Å². The second kappa shape index (κ2) is 6.08. The van der Waals surface area contributed by atoms with Crippen LogP contribution in [0.1, 0.15) is 36.8 Å². The quantitative estimate of drug-likeness (QED) is 0.624. The summed E-state index contributed by atoms with van der Waals surface area (Å²) >= 11 is 0. The predicted molar refractivity (Wildman–Crippen MR) is 75.7 cm³/mol. The molecular formula is C16H10F3NO5. The van der Waals surface area contributed by atoms with E-state index in [2.05, 4.69) is 4.74 Å².